The van der Waals surface area contributed by atoms with Crippen molar-refractivity contribution in [2.75, 3.05) is 55.1 Å². The number of aryl methyl sites for hydroxylation is 1. The summed E-state index contributed by atoms with van der Waals surface area (Å²) in [6.07, 6.45) is 2.95. The van der Waals surface area contributed by atoms with Gasteiger partial charge in [-0.25, -0.2) is 0 Å². The quantitative estimate of drug-likeness (QED) is 0.451. The second-order valence-electron chi connectivity index (χ2n) is 7.64. The predicted molar refractivity (Wildman–Crippen MR) is 126 cm³/mol. The Morgan fingerprint density at radius 3 is 1.84 bits per heavy atom. The summed E-state index contributed by atoms with van der Waals surface area (Å²) in [7, 11) is 8.60. The lowest BCUT2D eigenvalue weighted by molar-refractivity contribution is -0.121. The summed E-state index contributed by atoms with van der Waals surface area (Å²) >= 11 is 0. The molecule has 1 amide bonds. The van der Waals surface area contributed by atoms with Gasteiger partial charge >= 0.3 is 0 Å². The largest absolute Gasteiger partial charge is 0.493 e. The maximum absolute atomic E-state index is 12.2. The molecule has 2 aromatic rings. The molecule has 0 heterocycles. The van der Waals surface area contributed by atoms with Gasteiger partial charge in [-0.3, -0.25) is 4.79 Å². The Bertz CT molecular complexity index is 856. The lowest BCUT2D eigenvalue weighted by Crippen LogP contribution is -2.29. The maximum atomic E-state index is 12.2. The fourth-order valence-corrected chi connectivity index (χ4v) is 3.43. The minimum atomic E-state index is 0.0627. The number of nitrogens with zero attached hydrogens (tertiary/aromatic N) is 1. The summed E-state index contributed by atoms with van der Waals surface area (Å²) in [5, 5.41) is 3.01. The van der Waals surface area contributed by atoms with Crippen LogP contribution in [0, 0.1) is 0 Å². The minimum absolute atomic E-state index is 0.0627. The standard InChI is InChI=1S/C25H36N2O5/c1-27(16-13-20-8-11-22(30-3)24(18-20)32-5)15-6-14-26-25(28)12-9-19-7-10-21(29-2)23(17-19)31-4/h7-8,10-11,17-18H,6,9,12-16H2,1-5H3,(H,26,28). The first-order valence-electron chi connectivity index (χ1n) is 10.9. The zero-order valence-electron chi connectivity index (χ0n) is 19.9. The minimum Gasteiger partial charge on any atom is -0.493 e. The fourth-order valence-electron chi connectivity index (χ4n) is 3.43. The molecule has 0 saturated carbocycles. The molecule has 7 nitrogen and oxygen atoms in total. The highest BCUT2D eigenvalue weighted by Crippen LogP contribution is 2.28. The molecule has 176 valence electrons. The van der Waals surface area contributed by atoms with Crippen LogP contribution in [0.1, 0.15) is 24.0 Å². The topological polar surface area (TPSA) is 69.3 Å². The van der Waals surface area contributed by atoms with E-state index in [4.69, 9.17) is 18.9 Å². The van der Waals surface area contributed by atoms with Crippen LogP contribution in [0.3, 0.4) is 0 Å². The van der Waals surface area contributed by atoms with E-state index in [2.05, 4.69) is 23.3 Å². The number of ether oxygens (including phenoxy) is 4. The van der Waals surface area contributed by atoms with Gasteiger partial charge in [-0.1, -0.05) is 12.1 Å². The molecule has 0 aromatic heterocycles. The fraction of sp³-hybridized carbons (Fsp3) is 0.480. The van der Waals surface area contributed by atoms with Gasteiger partial charge in [0.05, 0.1) is 28.4 Å². The Morgan fingerprint density at radius 1 is 0.781 bits per heavy atom. The van der Waals surface area contributed by atoms with Crippen LogP contribution >= 0.6 is 0 Å². The molecule has 0 saturated heterocycles. The second kappa shape index (κ2) is 13.5. The van der Waals surface area contributed by atoms with Crippen molar-refractivity contribution in [3.05, 3.63) is 47.5 Å². The first-order valence-corrected chi connectivity index (χ1v) is 10.9. The van der Waals surface area contributed by atoms with Crippen molar-refractivity contribution in [2.24, 2.45) is 0 Å². The van der Waals surface area contributed by atoms with E-state index >= 15 is 0 Å². The number of carbonyl (C=O) groups is 1. The van der Waals surface area contributed by atoms with Crippen LogP contribution in [0.25, 0.3) is 0 Å². The van der Waals surface area contributed by atoms with Crippen LogP contribution in [-0.4, -0.2) is 65.9 Å². The van der Waals surface area contributed by atoms with Gasteiger partial charge in [0, 0.05) is 19.5 Å². The van der Waals surface area contributed by atoms with Gasteiger partial charge < -0.3 is 29.2 Å². The van der Waals surface area contributed by atoms with Gasteiger partial charge in [0.2, 0.25) is 5.91 Å². The van der Waals surface area contributed by atoms with Gasteiger partial charge in [0.15, 0.2) is 23.0 Å². The summed E-state index contributed by atoms with van der Waals surface area (Å²) in [6.45, 7) is 2.53. The molecular formula is C25H36N2O5. The maximum Gasteiger partial charge on any atom is 0.220 e. The van der Waals surface area contributed by atoms with Gasteiger partial charge in [-0.2, -0.15) is 0 Å². The summed E-state index contributed by atoms with van der Waals surface area (Å²) in [5.41, 5.74) is 2.26. The van der Waals surface area contributed by atoms with Crippen molar-refractivity contribution in [1.29, 1.82) is 0 Å². The van der Waals surface area contributed by atoms with E-state index in [-0.39, 0.29) is 5.91 Å². The molecule has 0 aliphatic carbocycles. The number of likely N-dealkylation sites (N-methyl/N-ethyl adjacent to an activating group) is 1. The van der Waals surface area contributed by atoms with Crippen LogP contribution in [0.2, 0.25) is 0 Å². The molecule has 7 heteroatoms. The molecular weight excluding hydrogens is 408 g/mol. The normalized spacial score (nSPS) is 10.7. The van der Waals surface area contributed by atoms with Crippen molar-refractivity contribution in [1.82, 2.24) is 10.2 Å². The van der Waals surface area contributed by atoms with Crippen LogP contribution in [0.4, 0.5) is 0 Å². The average Bonchev–Trinajstić information content (AvgIpc) is 2.83. The van der Waals surface area contributed by atoms with Crippen LogP contribution < -0.4 is 24.3 Å². The highest BCUT2D eigenvalue weighted by Gasteiger charge is 2.08. The summed E-state index contributed by atoms with van der Waals surface area (Å²) in [6, 6.07) is 11.8. The molecule has 0 spiro atoms. The number of hydrogen-bond acceptors (Lipinski definition) is 6. The number of hydrogen-bond donors (Lipinski definition) is 1. The Morgan fingerprint density at radius 2 is 1.31 bits per heavy atom. The third-order valence-electron chi connectivity index (χ3n) is 5.36. The van der Waals surface area contributed by atoms with Crippen LogP contribution in [0.5, 0.6) is 23.0 Å². The van der Waals surface area contributed by atoms with E-state index in [9.17, 15) is 4.79 Å². The molecule has 1 N–H and O–H groups in total. The first-order chi connectivity index (χ1) is 15.5. The SMILES string of the molecule is COc1ccc(CCC(=O)NCCCN(C)CCc2ccc(OC)c(OC)c2)cc1OC. The van der Waals surface area contributed by atoms with Crippen molar-refractivity contribution in [2.45, 2.75) is 25.7 Å². The smallest absolute Gasteiger partial charge is 0.220 e. The number of nitrogens with one attached hydrogen (secondary N) is 1. The van der Waals surface area contributed by atoms with Crippen molar-refractivity contribution >= 4 is 5.91 Å². The average molecular weight is 445 g/mol. The molecule has 0 aliphatic rings. The van der Waals surface area contributed by atoms with E-state index in [1.807, 2.05) is 30.3 Å². The molecule has 0 bridgehead atoms. The summed E-state index contributed by atoms with van der Waals surface area (Å²) in [4.78, 5) is 14.4. The molecule has 0 atom stereocenters. The van der Waals surface area contributed by atoms with E-state index < -0.39 is 0 Å². The molecule has 2 rings (SSSR count). The first kappa shape index (κ1) is 25.3. The highest BCUT2D eigenvalue weighted by atomic mass is 16.5. The molecule has 0 radical (unpaired) electrons. The number of rotatable bonds is 14. The van der Waals surface area contributed by atoms with E-state index in [0.717, 1.165) is 43.0 Å². The van der Waals surface area contributed by atoms with Gasteiger partial charge in [-0.05, 0) is 68.2 Å². The van der Waals surface area contributed by atoms with E-state index in [1.165, 1.54) is 5.56 Å². The number of carbonyl (C=O) groups excluding carboxylic acids is 1. The zero-order valence-corrected chi connectivity index (χ0v) is 19.9. The summed E-state index contributed by atoms with van der Waals surface area (Å²) in [5.74, 6) is 2.93. The number of benzene rings is 2. The molecule has 2 aromatic carbocycles. The van der Waals surface area contributed by atoms with Gasteiger partial charge in [0.1, 0.15) is 0 Å². The monoisotopic (exact) mass is 444 g/mol. The van der Waals surface area contributed by atoms with E-state index in [0.29, 0.717) is 30.9 Å². The highest BCUT2D eigenvalue weighted by molar-refractivity contribution is 5.76. The Labute approximate surface area is 191 Å². The van der Waals surface area contributed by atoms with Crippen LogP contribution in [0.15, 0.2) is 36.4 Å². The Kier molecular flexibility index (Phi) is 10.7. The predicted octanol–water partition coefficient (Wildman–Crippen LogP) is 3.33. The second-order valence-corrected chi connectivity index (χ2v) is 7.64. The third-order valence-corrected chi connectivity index (χ3v) is 5.36. The van der Waals surface area contributed by atoms with E-state index in [1.54, 1.807) is 28.4 Å². The zero-order chi connectivity index (χ0) is 23.3. The van der Waals surface area contributed by atoms with Crippen molar-refractivity contribution in [3.63, 3.8) is 0 Å². The Balaban J connectivity index is 1.64. The number of amides is 1. The Hall–Kier alpha value is -2.93. The van der Waals surface area contributed by atoms with Crippen molar-refractivity contribution < 1.29 is 23.7 Å². The van der Waals surface area contributed by atoms with Crippen LogP contribution in [-0.2, 0) is 17.6 Å². The summed E-state index contributed by atoms with van der Waals surface area (Å²) < 4.78 is 21.2. The molecule has 32 heavy (non-hydrogen) atoms. The molecule has 0 aliphatic heterocycles. The van der Waals surface area contributed by atoms with Gasteiger partial charge in [-0.15, -0.1) is 0 Å². The van der Waals surface area contributed by atoms with Gasteiger partial charge in [0.25, 0.3) is 0 Å². The van der Waals surface area contributed by atoms with Crippen molar-refractivity contribution in [3.8, 4) is 23.0 Å². The third kappa shape index (κ3) is 7.96. The molecule has 0 fully saturated rings. The lowest BCUT2D eigenvalue weighted by atomic mass is 10.1. The number of methoxy groups -OCH3 is 4. The lowest BCUT2D eigenvalue weighted by Gasteiger charge is -2.17. The molecule has 0 unspecified atom stereocenters.